The van der Waals surface area contributed by atoms with Gasteiger partial charge in [0.25, 0.3) is 0 Å². The Hall–Kier alpha value is -3.52. The first-order chi connectivity index (χ1) is 13.7. The Morgan fingerprint density at radius 1 is 0.571 bits per heavy atom. The minimum Gasteiger partial charge on any atom is -0.344 e. The molecule has 2 heteroatoms. The number of aryl methyl sites for hydroxylation is 2. The summed E-state index contributed by atoms with van der Waals surface area (Å²) in [6.07, 6.45) is 0. The largest absolute Gasteiger partial charge is 0.344 e. The third-order valence-corrected chi connectivity index (χ3v) is 6.06. The van der Waals surface area contributed by atoms with Crippen molar-refractivity contribution in [3.63, 3.8) is 0 Å². The van der Waals surface area contributed by atoms with Gasteiger partial charge in [-0.2, -0.15) is 0 Å². The fraction of sp³-hybridized carbons (Fsp3) is 0.0769. The summed E-state index contributed by atoms with van der Waals surface area (Å²) in [5.41, 5.74) is 7.58. The lowest BCUT2D eigenvalue weighted by Gasteiger charge is -2.09. The van der Waals surface area contributed by atoms with Crippen molar-refractivity contribution >= 4 is 43.6 Å². The molecule has 6 aromatic rings. The number of benzene rings is 4. The van der Waals surface area contributed by atoms with Gasteiger partial charge in [-0.1, -0.05) is 48.5 Å². The van der Waals surface area contributed by atoms with Crippen LogP contribution in [-0.2, 0) is 7.05 Å². The molecule has 0 saturated heterocycles. The van der Waals surface area contributed by atoms with Gasteiger partial charge in [-0.05, 0) is 48.9 Å². The Balaban J connectivity index is 1.77. The molecule has 0 aliphatic heterocycles. The highest BCUT2D eigenvalue weighted by molar-refractivity contribution is 6.12. The molecule has 2 nitrogen and oxygen atoms in total. The van der Waals surface area contributed by atoms with Gasteiger partial charge in [-0.3, -0.25) is 0 Å². The van der Waals surface area contributed by atoms with Crippen molar-refractivity contribution in [2.24, 2.45) is 7.05 Å². The van der Waals surface area contributed by atoms with E-state index in [1.54, 1.807) is 0 Å². The van der Waals surface area contributed by atoms with Crippen LogP contribution in [0.3, 0.4) is 0 Å². The first-order valence-electron chi connectivity index (χ1n) is 9.70. The van der Waals surface area contributed by atoms with Crippen LogP contribution in [0.25, 0.3) is 49.3 Å². The number of rotatable bonds is 1. The summed E-state index contributed by atoms with van der Waals surface area (Å²) in [6, 6.07) is 30.8. The lowest BCUT2D eigenvalue weighted by atomic mass is 10.1. The van der Waals surface area contributed by atoms with E-state index in [9.17, 15) is 0 Å². The summed E-state index contributed by atoms with van der Waals surface area (Å²) in [7, 11) is 2.15. The van der Waals surface area contributed by atoms with Crippen LogP contribution in [0.4, 0.5) is 0 Å². The fourth-order valence-electron chi connectivity index (χ4n) is 4.77. The molecule has 6 rings (SSSR count). The molecule has 4 aromatic carbocycles. The molecule has 0 saturated carbocycles. The molecule has 0 radical (unpaired) electrons. The van der Waals surface area contributed by atoms with Gasteiger partial charge in [0.05, 0.1) is 11.0 Å². The number of fused-ring (bicyclic) bond motifs is 6. The van der Waals surface area contributed by atoms with E-state index in [-0.39, 0.29) is 0 Å². The van der Waals surface area contributed by atoms with E-state index in [4.69, 9.17) is 0 Å². The first kappa shape index (κ1) is 15.5. The third-order valence-electron chi connectivity index (χ3n) is 6.06. The van der Waals surface area contributed by atoms with Crippen molar-refractivity contribution in [2.75, 3.05) is 0 Å². The number of hydrogen-bond acceptors (Lipinski definition) is 0. The Kier molecular flexibility index (Phi) is 3.05. The van der Waals surface area contributed by atoms with Crippen LogP contribution in [0.15, 0.2) is 84.9 Å². The van der Waals surface area contributed by atoms with Crippen molar-refractivity contribution in [1.82, 2.24) is 9.13 Å². The van der Waals surface area contributed by atoms with E-state index in [2.05, 4.69) is 108 Å². The zero-order valence-electron chi connectivity index (χ0n) is 16.0. The summed E-state index contributed by atoms with van der Waals surface area (Å²) in [5, 5.41) is 5.26. The van der Waals surface area contributed by atoms with Crippen LogP contribution < -0.4 is 0 Å². The maximum Gasteiger partial charge on any atom is 0.0543 e. The zero-order valence-corrected chi connectivity index (χ0v) is 16.0. The number of hydrogen-bond donors (Lipinski definition) is 0. The second-order valence-electron chi connectivity index (χ2n) is 7.60. The summed E-state index contributed by atoms with van der Waals surface area (Å²) in [6.45, 7) is 2.20. The SMILES string of the molecule is Cc1cccc2c1c1ccccc1n2-c1ccc2c(c1)c1ccccc1n2C. The lowest BCUT2D eigenvalue weighted by Crippen LogP contribution is -1.94. The van der Waals surface area contributed by atoms with E-state index >= 15 is 0 Å². The maximum atomic E-state index is 2.40. The summed E-state index contributed by atoms with van der Waals surface area (Å²) in [4.78, 5) is 0. The molecule has 0 spiro atoms. The maximum absolute atomic E-state index is 2.40. The number of para-hydroxylation sites is 2. The highest BCUT2D eigenvalue weighted by Crippen LogP contribution is 2.36. The molecule has 2 heterocycles. The molecule has 0 unspecified atom stereocenters. The topological polar surface area (TPSA) is 9.86 Å². The van der Waals surface area contributed by atoms with Gasteiger partial charge in [-0.25, -0.2) is 0 Å². The van der Waals surface area contributed by atoms with Crippen LogP contribution in [0.1, 0.15) is 5.56 Å². The van der Waals surface area contributed by atoms with Gasteiger partial charge >= 0.3 is 0 Å². The smallest absolute Gasteiger partial charge is 0.0543 e. The van der Waals surface area contributed by atoms with Gasteiger partial charge in [0, 0.05) is 45.3 Å². The Bertz CT molecular complexity index is 1530. The highest BCUT2D eigenvalue weighted by Gasteiger charge is 2.15. The molecule has 0 aliphatic carbocycles. The van der Waals surface area contributed by atoms with E-state index in [0.717, 1.165) is 0 Å². The van der Waals surface area contributed by atoms with Crippen molar-refractivity contribution in [1.29, 1.82) is 0 Å². The summed E-state index contributed by atoms with van der Waals surface area (Å²) < 4.78 is 4.68. The highest BCUT2D eigenvalue weighted by atomic mass is 15.0. The quantitative estimate of drug-likeness (QED) is 0.307. The van der Waals surface area contributed by atoms with E-state index in [0.29, 0.717) is 0 Å². The van der Waals surface area contributed by atoms with Crippen LogP contribution in [0.5, 0.6) is 0 Å². The average molecular weight is 360 g/mol. The van der Waals surface area contributed by atoms with Crippen LogP contribution in [-0.4, -0.2) is 9.13 Å². The molecular formula is C26H20N2. The van der Waals surface area contributed by atoms with Gasteiger partial charge in [0.2, 0.25) is 0 Å². The predicted octanol–water partition coefficient (Wildman–Crippen LogP) is 6.74. The standard InChI is InChI=1S/C26H20N2/c1-17-8-7-13-25-26(17)20-10-4-6-12-24(20)28(25)18-14-15-23-21(16-18)19-9-3-5-11-22(19)27(23)2/h3-16H,1-2H3. The van der Waals surface area contributed by atoms with Crippen LogP contribution in [0.2, 0.25) is 0 Å². The minimum atomic E-state index is 1.21. The fourth-order valence-corrected chi connectivity index (χ4v) is 4.77. The Morgan fingerprint density at radius 2 is 1.25 bits per heavy atom. The van der Waals surface area contributed by atoms with E-state index in [1.165, 1.54) is 54.9 Å². The Labute approximate surface area is 163 Å². The first-order valence-corrected chi connectivity index (χ1v) is 9.70. The molecule has 0 N–H and O–H groups in total. The zero-order chi connectivity index (χ0) is 18.8. The van der Waals surface area contributed by atoms with Crippen LogP contribution >= 0.6 is 0 Å². The molecule has 0 amide bonds. The number of nitrogens with zero attached hydrogens (tertiary/aromatic N) is 2. The van der Waals surface area contributed by atoms with Crippen molar-refractivity contribution in [2.45, 2.75) is 6.92 Å². The van der Waals surface area contributed by atoms with Crippen molar-refractivity contribution < 1.29 is 0 Å². The number of aromatic nitrogens is 2. The van der Waals surface area contributed by atoms with Crippen molar-refractivity contribution in [3.8, 4) is 5.69 Å². The van der Waals surface area contributed by atoms with E-state index < -0.39 is 0 Å². The molecule has 0 fully saturated rings. The molecule has 28 heavy (non-hydrogen) atoms. The lowest BCUT2D eigenvalue weighted by molar-refractivity contribution is 1.01. The molecule has 134 valence electrons. The van der Waals surface area contributed by atoms with Gasteiger partial charge in [0.15, 0.2) is 0 Å². The third kappa shape index (κ3) is 1.92. The monoisotopic (exact) mass is 360 g/mol. The molecule has 0 atom stereocenters. The second kappa shape index (κ2) is 5.49. The predicted molar refractivity (Wildman–Crippen MR) is 120 cm³/mol. The Morgan fingerprint density at radius 3 is 2.11 bits per heavy atom. The van der Waals surface area contributed by atoms with Crippen molar-refractivity contribution in [3.05, 3.63) is 90.5 Å². The van der Waals surface area contributed by atoms with E-state index in [1.807, 2.05) is 0 Å². The molecule has 0 aliphatic rings. The van der Waals surface area contributed by atoms with Gasteiger partial charge < -0.3 is 9.13 Å². The minimum absolute atomic E-state index is 1.21. The molecule has 0 bridgehead atoms. The molecular weight excluding hydrogens is 340 g/mol. The second-order valence-corrected chi connectivity index (χ2v) is 7.60. The summed E-state index contributed by atoms with van der Waals surface area (Å²) >= 11 is 0. The molecule has 2 aromatic heterocycles. The van der Waals surface area contributed by atoms with Crippen LogP contribution in [0, 0.1) is 6.92 Å². The van der Waals surface area contributed by atoms with Gasteiger partial charge in [0.1, 0.15) is 0 Å². The summed E-state index contributed by atoms with van der Waals surface area (Å²) in [5.74, 6) is 0. The normalized spacial score (nSPS) is 11.9. The average Bonchev–Trinajstić information content (AvgIpc) is 3.22. The van der Waals surface area contributed by atoms with Gasteiger partial charge in [-0.15, -0.1) is 0 Å².